The quantitative estimate of drug-likeness (QED) is 0.637. The Morgan fingerprint density at radius 3 is 2.73 bits per heavy atom. The number of hydrogen-bond donors (Lipinski definition) is 2. The number of amides is 1. The van der Waals surface area contributed by atoms with Crippen molar-refractivity contribution >= 4 is 22.8 Å². The summed E-state index contributed by atoms with van der Waals surface area (Å²) < 4.78 is 18.4. The molecule has 7 heteroatoms. The van der Waals surface area contributed by atoms with Gasteiger partial charge in [0.2, 0.25) is 5.91 Å². The molecule has 6 nitrogen and oxygen atoms in total. The molecule has 0 saturated carbocycles. The smallest absolute Gasteiger partial charge is 0.408 e. The van der Waals surface area contributed by atoms with Gasteiger partial charge in [-0.1, -0.05) is 18.2 Å². The number of carbonyl (C=O) groups excluding carboxylic acids is 2. The normalized spacial score (nSPS) is 10.8. The Bertz CT molecular complexity index is 1010. The van der Waals surface area contributed by atoms with E-state index in [0.717, 1.165) is 0 Å². The second-order valence-corrected chi connectivity index (χ2v) is 5.84. The number of aromatic nitrogens is 1. The van der Waals surface area contributed by atoms with Crippen LogP contribution < -0.4 is 11.1 Å². The number of hydrogen-bond acceptors (Lipinski definition) is 4. The first-order chi connectivity index (χ1) is 12.5. The van der Waals surface area contributed by atoms with Crippen LogP contribution in [0.1, 0.15) is 28.8 Å². The minimum atomic E-state index is -0.584. The van der Waals surface area contributed by atoms with Crippen LogP contribution in [0, 0.1) is 5.82 Å². The number of carbonyl (C=O) groups is 2. The van der Waals surface area contributed by atoms with Crippen LogP contribution in [-0.4, -0.2) is 23.2 Å². The van der Waals surface area contributed by atoms with Gasteiger partial charge in [0.1, 0.15) is 5.82 Å². The molecule has 0 spiro atoms. The number of Topliss-reactive ketones (excluding diaryl/α,β-unsaturated/α-hetero) is 1. The highest BCUT2D eigenvalue weighted by atomic mass is 19.1. The molecule has 0 aliphatic rings. The van der Waals surface area contributed by atoms with Crippen molar-refractivity contribution in [1.29, 1.82) is 0 Å². The third-order valence-corrected chi connectivity index (χ3v) is 4.00. The molecule has 0 aliphatic heterocycles. The lowest BCUT2D eigenvalue weighted by Gasteiger charge is -2.06. The first kappa shape index (κ1) is 17.6. The molecule has 1 amide bonds. The van der Waals surface area contributed by atoms with E-state index in [1.807, 2.05) is 0 Å². The Labute approximate surface area is 148 Å². The van der Waals surface area contributed by atoms with E-state index < -0.39 is 5.76 Å². The van der Waals surface area contributed by atoms with E-state index in [2.05, 4.69) is 10.3 Å². The summed E-state index contributed by atoms with van der Waals surface area (Å²) in [6.07, 6.45) is 0.451. The van der Waals surface area contributed by atoms with E-state index in [-0.39, 0.29) is 30.3 Å². The molecule has 134 valence electrons. The van der Waals surface area contributed by atoms with Crippen LogP contribution in [0.2, 0.25) is 0 Å². The van der Waals surface area contributed by atoms with Crippen LogP contribution >= 0.6 is 0 Å². The van der Waals surface area contributed by atoms with E-state index in [1.54, 1.807) is 30.3 Å². The number of oxazole rings is 1. The third kappa shape index (κ3) is 4.24. The van der Waals surface area contributed by atoms with Crippen LogP contribution in [-0.2, 0) is 11.2 Å². The zero-order valence-corrected chi connectivity index (χ0v) is 13.9. The maximum atomic E-state index is 13.5. The van der Waals surface area contributed by atoms with E-state index in [9.17, 15) is 18.8 Å². The topological polar surface area (TPSA) is 92.2 Å². The monoisotopic (exact) mass is 356 g/mol. The molecule has 1 aromatic heterocycles. The summed E-state index contributed by atoms with van der Waals surface area (Å²) in [6, 6.07) is 11.0. The number of H-pyrrole nitrogens is 1. The molecule has 2 N–H and O–H groups in total. The van der Waals surface area contributed by atoms with Gasteiger partial charge in [0.15, 0.2) is 11.4 Å². The van der Waals surface area contributed by atoms with E-state index in [1.165, 1.54) is 12.1 Å². The molecule has 26 heavy (non-hydrogen) atoms. The predicted molar refractivity (Wildman–Crippen MR) is 93.5 cm³/mol. The molecule has 2 aromatic carbocycles. The van der Waals surface area contributed by atoms with E-state index in [0.29, 0.717) is 35.2 Å². The van der Waals surface area contributed by atoms with Crippen molar-refractivity contribution in [2.75, 3.05) is 6.54 Å². The maximum absolute atomic E-state index is 13.5. The average Bonchev–Trinajstić information content (AvgIpc) is 3.00. The van der Waals surface area contributed by atoms with Gasteiger partial charge in [0.25, 0.3) is 0 Å². The standard InChI is InChI=1S/C19H17FN2O4/c20-14-4-2-1-3-12(14)9-10-21-18(24)8-7-16(23)13-5-6-15-17(11-13)26-19(25)22-15/h1-6,11H,7-10H2,(H,21,24)(H,22,25). The molecule has 0 aliphatic carbocycles. The Balaban J connectivity index is 1.48. The number of nitrogens with one attached hydrogen (secondary N) is 2. The van der Waals surface area contributed by atoms with Crippen molar-refractivity contribution in [2.45, 2.75) is 19.3 Å². The van der Waals surface area contributed by atoms with Crippen LogP contribution in [0.25, 0.3) is 11.1 Å². The van der Waals surface area contributed by atoms with Crippen molar-refractivity contribution < 1.29 is 18.4 Å². The number of ketones is 1. The maximum Gasteiger partial charge on any atom is 0.417 e. The number of rotatable bonds is 7. The Kier molecular flexibility index (Phi) is 5.26. The summed E-state index contributed by atoms with van der Waals surface area (Å²) in [4.78, 5) is 37.6. The molecule has 3 aromatic rings. The molecule has 0 unspecified atom stereocenters. The lowest BCUT2D eigenvalue weighted by Crippen LogP contribution is -2.26. The predicted octanol–water partition coefficient (Wildman–Crippen LogP) is 2.58. The summed E-state index contributed by atoms with van der Waals surface area (Å²) in [5.74, 6) is -1.38. The fourth-order valence-corrected chi connectivity index (χ4v) is 2.62. The van der Waals surface area contributed by atoms with Crippen molar-refractivity contribution in [3.63, 3.8) is 0 Å². The zero-order chi connectivity index (χ0) is 18.5. The van der Waals surface area contributed by atoms with Gasteiger partial charge >= 0.3 is 5.76 Å². The van der Waals surface area contributed by atoms with Crippen LogP contribution in [0.4, 0.5) is 4.39 Å². The van der Waals surface area contributed by atoms with Crippen molar-refractivity contribution in [3.8, 4) is 0 Å². The number of benzene rings is 2. The summed E-state index contributed by atoms with van der Waals surface area (Å²) in [5.41, 5.74) is 1.72. The van der Waals surface area contributed by atoms with Crippen molar-refractivity contribution in [1.82, 2.24) is 10.3 Å². The van der Waals surface area contributed by atoms with Gasteiger partial charge < -0.3 is 9.73 Å². The molecular weight excluding hydrogens is 339 g/mol. The number of halogens is 1. The van der Waals surface area contributed by atoms with Gasteiger partial charge in [-0.15, -0.1) is 0 Å². The fraction of sp³-hybridized carbons (Fsp3) is 0.211. The molecule has 1 heterocycles. The highest BCUT2D eigenvalue weighted by Gasteiger charge is 2.11. The molecule has 3 rings (SSSR count). The lowest BCUT2D eigenvalue weighted by molar-refractivity contribution is -0.121. The van der Waals surface area contributed by atoms with E-state index in [4.69, 9.17) is 4.42 Å². The second-order valence-electron chi connectivity index (χ2n) is 5.84. The van der Waals surface area contributed by atoms with Gasteiger partial charge in [-0.25, -0.2) is 9.18 Å². The van der Waals surface area contributed by atoms with Crippen LogP contribution in [0.15, 0.2) is 51.7 Å². The molecule has 0 fully saturated rings. The van der Waals surface area contributed by atoms with Gasteiger partial charge in [-0.2, -0.15) is 0 Å². The summed E-state index contributed by atoms with van der Waals surface area (Å²) in [7, 11) is 0. The minimum Gasteiger partial charge on any atom is -0.408 e. The third-order valence-electron chi connectivity index (χ3n) is 4.00. The molecule has 0 radical (unpaired) electrons. The van der Waals surface area contributed by atoms with Gasteiger partial charge in [0, 0.05) is 24.9 Å². The second kappa shape index (κ2) is 7.77. The largest absolute Gasteiger partial charge is 0.417 e. The van der Waals surface area contributed by atoms with Crippen LogP contribution in [0.5, 0.6) is 0 Å². The van der Waals surface area contributed by atoms with Gasteiger partial charge in [0.05, 0.1) is 5.52 Å². The van der Waals surface area contributed by atoms with Crippen LogP contribution in [0.3, 0.4) is 0 Å². The van der Waals surface area contributed by atoms with Gasteiger partial charge in [-0.05, 0) is 36.2 Å². The molecule has 0 atom stereocenters. The number of fused-ring (bicyclic) bond motifs is 1. The minimum absolute atomic E-state index is 0.0330. The Hall–Kier alpha value is -3.22. The average molecular weight is 356 g/mol. The summed E-state index contributed by atoms with van der Waals surface area (Å²) in [5, 5.41) is 2.68. The van der Waals surface area contributed by atoms with Crippen molar-refractivity contribution in [3.05, 3.63) is 70.0 Å². The highest BCUT2D eigenvalue weighted by molar-refractivity contribution is 6.00. The van der Waals surface area contributed by atoms with Crippen molar-refractivity contribution in [2.24, 2.45) is 0 Å². The SMILES string of the molecule is O=C(CCC(=O)c1ccc2[nH]c(=O)oc2c1)NCCc1ccccc1F. The van der Waals surface area contributed by atoms with Gasteiger partial charge in [-0.3, -0.25) is 14.6 Å². The molecule has 0 saturated heterocycles. The lowest BCUT2D eigenvalue weighted by atomic mass is 10.1. The molecule has 0 bridgehead atoms. The summed E-state index contributed by atoms with van der Waals surface area (Å²) in [6.45, 7) is 0.300. The van der Waals surface area contributed by atoms with E-state index >= 15 is 0 Å². The fourth-order valence-electron chi connectivity index (χ4n) is 2.62. The molecular formula is C19H17FN2O4. The zero-order valence-electron chi connectivity index (χ0n) is 13.9. The Morgan fingerprint density at radius 1 is 1.12 bits per heavy atom. The first-order valence-corrected chi connectivity index (χ1v) is 8.19. The highest BCUT2D eigenvalue weighted by Crippen LogP contribution is 2.14. The summed E-state index contributed by atoms with van der Waals surface area (Å²) >= 11 is 0. The number of aromatic amines is 1. The Morgan fingerprint density at radius 2 is 1.92 bits per heavy atom. The first-order valence-electron chi connectivity index (χ1n) is 8.19.